The lowest BCUT2D eigenvalue weighted by atomic mass is 10.2. The van der Waals surface area contributed by atoms with E-state index in [0.29, 0.717) is 17.7 Å². The van der Waals surface area contributed by atoms with Gasteiger partial charge < -0.3 is 14.5 Å². The number of hydrogen-bond donors (Lipinski definition) is 1. The molecular formula is C15H18N2O3S. The van der Waals surface area contributed by atoms with Gasteiger partial charge in [0.1, 0.15) is 11.6 Å². The van der Waals surface area contributed by atoms with Gasteiger partial charge in [0.25, 0.3) is 5.22 Å². The van der Waals surface area contributed by atoms with E-state index in [1.807, 2.05) is 24.3 Å². The van der Waals surface area contributed by atoms with E-state index in [-0.39, 0.29) is 12.0 Å². The molecule has 1 aliphatic rings. The number of nitrogens with zero attached hydrogens (tertiary/aromatic N) is 1. The molecule has 112 valence electrons. The van der Waals surface area contributed by atoms with Crippen LogP contribution in [0.15, 0.2) is 33.9 Å². The normalized spacial score (nSPS) is 16.0. The van der Waals surface area contributed by atoms with Crippen molar-refractivity contribution < 1.29 is 13.9 Å². The van der Waals surface area contributed by atoms with Crippen LogP contribution in [0.3, 0.4) is 0 Å². The number of ether oxygens (including phenoxy) is 1. The fourth-order valence-corrected chi connectivity index (χ4v) is 2.96. The molecule has 1 saturated carbocycles. The number of fused-ring (bicyclic) bond motifs is 1. The van der Waals surface area contributed by atoms with Gasteiger partial charge in [0.15, 0.2) is 5.58 Å². The molecule has 1 N–H and O–H groups in total. The summed E-state index contributed by atoms with van der Waals surface area (Å²) >= 11 is 1.52. The first kappa shape index (κ1) is 14.4. The molecule has 2 aromatic rings. The first-order chi connectivity index (χ1) is 10.3. The van der Waals surface area contributed by atoms with Gasteiger partial charge in [-0.1, -0.05) is 23.9 Å². The highest BCUT2D eigenvalue weighted by molar-refractivity contribution is 7.99. The summed E-state index contributed by atoms with van der Waals surface area (Å²) in [6.45, 7) is 0. The molecule has 3 rings (SSSR count). The van der Waals surface area contributed by atoms with Crippen LogP contribution in [0.25, 0.3) is 11.1 Å². The summed E-state index contributed by atoms with van der Waals surface area (Å²) in [5.74, 6) is 0.562. The second kappa shape index (κ2) is 6.49. The van der Waals surface area contributed by atoms with Crippen molar-refractivity contribution in [3.8, 4) is 0 Å². The molecule has 1 aromatic carbocycles. The second-order valence-electron chi connectivity index (χ2n) is 5.10. The maximum Gasteiger partial charge on any atom is 0.322 e. The van der Waals surface area contributed by atoms with E-state index in [1.54, 1.807) is 0 Å². The summed E-state index contributed by atoms with van der Waals surface area (Å²) in [7, 11) is 1.43. The van der Waals surface area contributed by atoms with Gasteiger partial charge in [-0.05, 0) is 31.4 Å². The van der Waals surface area contributed by atoms with E-state index >= 15 is 0 Å². The highest BCUT2D eigenvalue weighted by Gasteiger charge is 2.28. The molecule has 5 nitrogen and oxygen atoms in total. The topological polar surface area (TPSA) is 64.4 Å². The quantitative estimate of drug-likeness (QED) is 0.626. The lowest BCUT2D eigenvalue weighted by Gasteiger charge is -2.15. The fourth-order valence-electron chi connectivity index (χ4n) is 2.12. The maximum atomic E-state index is 11.7. The highest BCUT2D eigenvalue weighted by atomic mass is 32.2. The molecule has 0 aliphatic heterocycles. The van der Waals surface area contributed by atoms with Crippen LogP contribution in [0.1, 0.15) is 19.3 Å². The zero-order chi connectivity index (χ0) is 14.7. The minimum atomic E-state index is -0.237. The molecule has 0 radical (unpaired) electrons. The molecule has 1 fully saturated rings. The van der Waals surface area contributed by atoms with E-state index in [1.165, 1.54) is 18.9 Å². The first-order valence-corrected chi connectivity index (χ1v) is 8.07. The summed E-state index contributed by atoms with van der Waals surface area (Å²) in [5, 5.41) is 3.96. The van der Waals surface area contributed by atoms with Gasteiger partial charge in [-0.3, -0.25) is 4.79 Å². The van der Waals surface area contributed by atoms with Crippen LogP contribution in [-0.4, -0.2) is 35.9 Å². The van der Waals surface area contributed by atoms with Crippen LogP contribution >= 0.6 is 11.8 Å². The van der Waals surface area contributed by atoms with Crippen LogP contribution < -0.4 is 5.32 Å². The smallest absolute Gasteiger partial charge is 0.322 e. The number of hydrogen-bond acceptors (Lipinski definition) is 6. The Hall–Kier alpha value is -1.53. The number of para-hydroxylation sites is 2. The van der Waals surface area contributed by atoms with Gasteiger partial charge >= 0.3 is 5.97 Å². The van der Waals surface area contributed by atoms with Crippen molar-refractivity contribution in [1.82, 2.24) is 10.3 Å². The number of thioether (sulfide) groups is 1. The average molecular weight is 306 g/mol. The molecule has 1 aliphatic carbocycles. The van der Waals surface area contributed by atoms with Crippen molar-refractivity contribution in [1.29, 1.82) is 0 Å². The van der Waals surface area contributed by atoms with Gasteiger partial charge in [0, 0.05) is 11.8 Å². The zero-order valence-electron chi connectivity index (χ0n) is 11.9. The Bertz CT molecular complexity index is 591. The highest BCUT2D eigenvalue weighted by Crippen LogP contribution is 2.25. The standard InChI is InChI=1S/C15H18N2O3S/c1-19-14(18)12(16-10-6-7-10)8-9-21-15-17-11-4-2-3-5-13(11)20-15/h2-5,10,12,16H,6-9H2,1H3. The minimum absolute atomic E-state index is 0.194. The van der Waals surface area contributed by atoms with E-state index < -0.39 is 0 Å². The molecule has 1 atom stereocenters. The van der Waals surface area contributed by atoms with Crippen molar-refractivity contribution in [2.24, 2.45) is 0 Å². The number of aromatic nitrogens is 1. The van der Waals surface area contributed by atoms with Crippen LogP contribution in [-0.2, 0) is 9.53 Å². The molecule has 6 heteroatoms. The summed E-state index contributed by atoms with van der Waals surface area (Å²) in [6, 6.07) is 7.93. The Morgan fingerprint density at radius 2 is 2.33 bits per heavy atom. The third-order valence-corrected chi connectivity index (χ3v) is 4.27. The summed E-state index contributed by atoms with van der Waals surface area (Å²) < 4.78 is 10.5. The molecule has 0 amide bonds. The second-order valence-corrected chi connectivity index (χ2v) is 6.15. The van der Waals surface area contributed by atoms with Crippen molar-refractivity contribution in [3.63, 3.8) is 0 Å². The van der Waals surface area contributed by atoms with Gasteiger partial charge in [0.2, 0.25) is 0 Å². The van der Waals surface area contributed by atoms with Crippen molar-refractivity contribution in [2.75, 3.05) is 12.9 Å². The van der Waals surface area contributed by atoms with Gasteiger partial charge in [-0.2, -0.15) is 0 Å². The lowest BCUT2D eigenvalue weighted by Crippen LogP contribution is -2.39. The molecule has 0 bridgehead atoms. The Labute approximate surface area is 127 Å². The van der Waals surface area contributed by atoms with Gasteiger partial charge in [0.05, 0.1) is 7.11 Å². The monoisotopic (exact) mass is 306 g/mol. The Morgan fingerprint density at radius 3 is 3.05 bits per heavy atom. The molecule has 21 heavy (non-hydrogen) atoms. The predicted octanol–water partition coefficient (Wildman–Crippen LogP) is 2.60. The maximum absolute atomic E-state index is 11.7. The minimum Gasteiger partial charge on any atom is -0.468 e. The fraction of sp³-hybridized carbons (Fsp3) is 0.467. The molecule has 1 aromatic heterocycles. The van der Waals surface area contributed by atoms with E-state index in [0.717, 1.165) is 29.7 Å². The van der Waals surface area contributed by atoms with Crippen molar-refractivity contribution in [2.45, 2.75) is 36.6 Å². The largest absolute Gasteiger partial charge is 0.468 e. The van der Waals surface area contributed by atoms with E-state index in [2.05, 4.69) is 10.3 Å². The van der Waals surface area contributed by atoms with Crippen LogP contribution in [0.2, 0.25) is 0 Å². The van der Waals surface area contributed by atoms with Crippen LogP contribution in [0, 0.1) is 0 Å². The molecule has 0 spiro atoms. The van der Waals surface area contributed by atoms with Crippen molar-refractivity contribution in [3.05, 3.63) is 24.3 Å². The average Bonchev–Trinajstić information content (AvgIpc) is 3.22. The number of benzene rings is 1. The lowest BCUT2D eigenvalue weighted by molar-refractivity contribution is -0.143. The molecule has 1 unspecified atom stereocenters. The van der Waals surface area contributed by atoms with E-state index in [9.17, 15) is 4.79 Å². The Kier molecular flexibility index (Phi) is 4.45. The molecule has 0 saturated heterocycles. The number of carbonyl (C=O) groups excluding carboxylic acids is 1. The van der Waals surface area contributed by atoms with Gasteiger partial charge in [-0.25, -0.2) is 4.98 Å². The third kappa shape index (κ3) is 3.77. The number of oxazole rings is 1. The van der Waals surface area contributed by atoms with E-state index in [4.69, 9.17) is 9.15 Å². The molecular weight excluding hydrogens is 288 g/mol. The Morgan fingerprint density at radius 1 is 1.52 bits per heavy atom. The van der Waals surface area contributed by atoms with Gasteiger partial charge in [-0.15, -0.1) is 0 Å². The number of rotatable bonds is 7. The third-order valence-electron chi connectivity index (χ3n) is 3.41. The zero-order valence-corrected chi connectivity index (χ0v) is 12.7. The predicted molar refractivity (Wildman–Crippen MR) is 81.3 cm³/mol. The first-order valence-electron chi connectivity index (χ1n) is 7.08. The number of methoxy groups -OCH3 is 1. The number of nitrogens with one attached hydrogen (secondary N) is 1. The van der Waals surface area contributed by atoms with Crippen LogP contribution in [0.5, 0.6) is 0 Å². The van der Waals surface area contributed by atoms with Crippen molar-refractivity contribution >= 4 is 28.8 Å². The molecule has 1 heterocycles. The van der Waals surface area contributed by atoms with Crippen LogP contribution in [0.4, 0.5) is 0 Å². The Balaban J connectivity index is 1.54. The summed E-state index contributed by atoms with van der Waals surface area (Å²) in [5.41, 5.74) is 1.65. The summed E-state index contributed by atoms with van der Waals surface area (Å²) in [4.78, 5) is 16.1. The SMILES string of the molecule is COC(=O)C(CCSc1nc2ccccc2o1)NC1CC1. The summed E-state index contributed by atoms with van der Waals surface area (Å²) in [6.07, 6.45) is 2.99. The number of carbonyl (C=O) groups is 1. The number of esters is 1.